The van der Waals surface area contributed by atoms with Crippen molar-refractivity contribution in [3.05, 3.63) is 90.0 Å². The van der Waals surface area contributed by atoms with Gasteiger partial charge < -0.3 is 5.32 Å². The number of amides is 1. The topological polar surface area (TPSA) is 61.7 Å². The first-order valence-electron chi connectivity index (χ1n) is 8.28. The Morgan fingerprint density at radius 2 is 2.00 bits per heavy atom. The fourth-order valence-electron chi connectivity index (χ4n) is 2.86. The van der Waals surface area contributed by atoms with Gasteiger partial charge in [0.2, 0.25) is 6.33 Å². The molecule has 0 aliphatic heterocycles. The SMILES string of the molecule is O=C(NCc1ccccn1)c1ccc2c(c1)[nH]c[n+]2-c1ccc(F)cc1F. The summed E-state index contributed by atoms with van der Waals surface area (Å²) >= 11 is 0. The number of nitrogens with zero attached hydrogens (tertiary/aromatic N) is 2. The molecule has 0 unspecified atom stereocenters. The number of fused-ring (bicyclic) bond motifs is 1. The molecule has 0 radical (unpaired) electrons. The molecule has 5 nitrogen and oxygen atoms in total. The first-order chi connectivity index (χ1) is 13.1. The molecule has 0 saturated heterocycles. The van der Waals surface area contributed by atoms with E-state index in [1.807, 2.05) is 18.2 Å². The van der Waals surface area contributed by atoms with Crippen LogP contribution in [0.2, 0.25) is 0 Å². The van der Waals surface area contributed by atoms with E-state index in [0.717, 1.165) is 11.8 Å². The van der Waals surface area contributed by atoms with Crippen molar-refractivity contribution in [2.75, 3.05) is 0 Å². The molecule has 134 valence electrons. The third-order valence-electron chi connectivity index (χ3n) is 4.19. The average molecular weight is 365 g/mol. The summed E-state index contributed by atoms with van der Waals surface area (Å²) in [7, 11) is 0. The van der Waals surface area contributed by atoms with Crippen LogP contribution in [0.4, 0.5) is 8.78 Å². The predicted octanol–water partition coefficient (Wildman–Crippen LogP) is 3.05. The zero-order valence-corrected chi connectivity index (χ0v) is 14.1. The van der Waals surface area contributed by atoms with Crippen molar-refractivity contribution in [2.24, 2.45) is 0 Å². The Hall–Kier alpha value is -3.61. The molecule has 2 aromatic carbocycles. The molecule has 1 amide bonds. The first kappa shape index (κ1) is 16.8. The van der Waals surface area contributed by atoms with Gasteiger partial charge in [-0.1, -0.05) is 6.07 Å². The number of aromatic amines is 1. The maximum atomic E-state index is 14.1. The van der Waals surface area contributed by atoms with Crippen molar-refractivity contribution in [1.82, 2.24) is 15.3 Å². The van der Waals surface area contributed by atoms with Gasteiger partial charge in [-0.25, -0.2) is 13.8 Å². The van der Waals surface area contributed by atoms with Gasteiger partial charge in [0, 0.05) is 23.9 Å². The molecule has 2 aromatic heterocycles. The highest BCUT2D eigenvalue weighted by Gasteiger charge is 2.18. The number of rotatable bonds is 4. The summed E-state index contributed by atoms with van der Waals surface area (Å²) in [6.07, 6.45) is 3.23. The second kappa shape index (κ2) is 6.95. The summed E-state index contributed by atoms with van der Waals surface area (Å²) in [6, 6.07) is 13.9. The minimum Gasteiger partial charge on any atom is -0.346 e. The quantitative estimate of drug-likeness (QED) is 0.546. The Bertz CT molecular complexity index is 1130. The van der Waals surface area contributed by atoms with E-state index in [1.165, 1.54) is 12.1 Å². The molecule has 2 N–H and O–H groups in total. The Morgan fingerprint density at radius 1 is 1.11 bits per heavy atom. The van der Waals surface area contributed by atoms with Crippen LogP contribution in [0.1, 0.15) is 16.1 Å². The fraction of sp³-hybridized carbons (Fsp3) is 0.0500. The molecule has 2 heterocycles. The Labute approximate surface area is 153 Å². The van der Waals surface area contributed by atoms with Gasteiger partial charge in [-0.2, -0.15) is 4.57 Å². The highest BCUT2D eigenvalue weighted by molar-refractivity contribution is 5.96. The summed E-state index contributed by atoms with van der Waals surface area (Å²) in [5.41, 5.74) is 2.77. The molecular formula is C20H15F2N4O+. The summed E-state index contributed by atoms with van der Waals surface area (Å²) in [5, 5.41) is 2.81. The van der Waals surface area contributed by atoms with Crippen molar-refractivity contribution in [3.63, 3.8) is 0 Å². The molecule has 27 heavy (non-hydrogen) atoms. The number of hydrogen-bond donors (Lipinski definition) is 2. The number of hydrogen-bond acceptors (Lipinski definition) is 2. The maximum absolute atomic E-state index is 14.1. The van der Waals surface area contributed by atoms with E-state index in [0.29, 0.717) is 23.1 Å². The van der Waals surface area contributed by atoms with Gasteiger partial charge in [-0.15, -0.1) is 0 Å². The van der Waals surface area contributed by atoms with E-state index >= 15 is 0 Å². The second-order valence-corrected chi connectivity index (χ2v) is 5.97. The first-order valence-corrected chi connectivity index (χ1v) is 8.28. The van der Waals surface area contributed by atoms with Crippen molar-refractivity contribution in [3.8, 4) is 5.69 Å². The maximum Gasteiger partial charge on any atom is 0.251 e. The number of H-pyrrole nitrogens is 1. The van der Waals surface area contributed by atoms with Crippen LogP contribution in [-0.4, -0.2) is 15.9 Å². The number of imidazole rings is 1. The summed E-state index contributed by atoms with van der Waals surface area (Å²) < 4.78 is 28.8. The molecule has 0 fully saturated rings. The molecule has 0 bridgehead atoms. The normalized spacial score (nSPS) is 10.9. The summed E-state index contributed by atoms with van der Waals surface area (Å²) in [5.74, 6) is -1.54. The van der Waals surface area contributed by atoms with Crippen LogP contribution >= 0.6 is 0 Å². The minimum atomic E-state index is -0.668. The molecule has 7 heteroatoms. The van der Waals surface area contributed by atoms with E-state index in [-0.39, 0.29) is 11.6 Å². The van der Waals surface area contributed by atoms with Crippen LogP contribution in [-0.2, 0) is 6.54 Å². The molecule has 0 atom stereocenters. The van der Waals surface area contributed by atoms with Crippen molar-refractivity contribution >= 4 is 16.9 Å². The third kappa shape index (κ3) is 3.39. The Balaban J connectivity index is 1.59. The zero-order chi connectivity index (χ0) is 18.8. The number of pyridine rings is 1. The molecule has 0 spiro atoms. The average Bonchev–Trinajstić information content (AvgIpc) is 3.10. The van der Waals surface area contributed by atoms with Gasteiger partial charge in [0.05, 0.1) is 12.2 Å². The standard InChI is InChI=1S/C20H14F2N4O/c21-14-5-7-18(16(22)10-14)26-12-25-17-9-13(4-6-19(17)26)20(27)24-11-15-3-1-2-8-23-15/h1-10,12H,11H2,(H,24,27)/p+1. The van der Waals surface area contributed by atoms with Crippen LogP contribution in [0.25, 0.3) is 16.7 Å². The number of benzene rings is 2. The Morgan fingerprint density at radius 3 is 2.78 bits per heavy atom. The number of carbonyl (C=O) groups excluding carboxylic acids is 1. The van der Waals surface area contributed by atoms with Crippen molar-refractivity contribution in [2.45, 2.75) is 6.54 Å². The van der Waals surface area contributed by atoms with Crippen molar-refractivity contribution < 1.29 is 18.1 Å². The van der Waals surface area contributed by atoms with Gasteiger partial charge in [0.1, 0.15) is 5.82 Å². The van der Waals surface area contributed by atoms with Gasteiger partial charge in [0.25, 0.3) is 5.91 Å². The lowest BCUT2D eigenvalue weighted by Crippen LogP contribution is -2.30. The van der Waals surface area contributed by atoms with E-state index in [9.17, 15) is 13.6 Å². The lowest BCUT2D eigenvalue weighted by atomic mass is 10.1. The van der Waals surface area contributed by atoms with Crippen molar-refractivity contribution in [1.29, 1.82) is 0 Å². The molecule has 4 aromatic rings. The minimum absolute atomic E-state index is 0.218. The van der Waals surface area contributed by atoms with E-state index in [1.54, 1.807) is 35.3 Å². The molecule has 0 saturated carbocycles. The molecule has 0 aliphatic carbocycles. The summed E-state index contributed by atoms with van der Waals surface area (Å²) in [4.78, 5) is 19.5. The highest BCUT2D eigenvalue weighted by atomic mass is 19.1. The smallest absolute Gasteiger partial charge is 0.251 e. The highest BCUT2D eigenvalue weighted by Crippen LogP contribution is 2.15. The molecule has 0 aliphatic rings. The predicted molar refractivity (Wildman–Crippen MR) is 95.2 cm³/mol. The van der Waals surface area contributed by atoms with E-state index in [2.05, 4.69) is 15.3 Å². The third-order valence-corrected chi connectivity index (χ3v) is 4.19. The van der Waals surface area contributed by atoms with Crippen LogP contribution < -0.4 is 9.88 Å². The monoisotopic (exact) mass is 365 g/mol. The number of halogens is 2. The number of aromatic nitrogens is 3. The number of carbonyl (C=O) groups is 1. The molecular weight excluding hydrogens is 350 g/mol. The molecule has 4 rings (SSSR count). The van der Waals surface area contributed by atoms with Crippen LogP contribution in [0.3, 0.4) is 0 Å². The second-order valence-electron chi connectivity index (χ2n) is 5.97. The van der Waals surface area contributed by atoms with Gasteiger partial charge in [-0.3, -0.25) is 9.78 Å². The zero-order valence-electron chi connectivity index (χ0n) is 14.1. The fourth-order valence-corrected chi connectivity index (χ4v) is 2.86. The van der Waals surface area contributed by atoms with Crippen LogP contribution in [0.5, 0.6) is 0 Å². The number of nitrogens with one attached hydrogen (secondary N) is 2. The van der Waals surface area contributed by atoms with Crippen LogP contribution in [0.15, 0.2) is 67.1 Å². The van der Waals surface area contributed by atoms with Gasteiger partial charge >= 0.3 is 0 Å². The Kier molecular flexibility index (Phi) is 4.33. The van der Waals surface area contributed by atoms with E-state index < -0.39 is 11.6 Å². The lowest BCUT2D eigenvalue weighted by molar-refractivity contribution is -0.569. The van der Waals surface area contributed by atoms with E-state index in [4.69, 9.17) is 0 Å². The van der Waals surface area contributed by atoms with Gasteiger partial charge in [-0.05, 0) is 36.4 Å². The van der Waals surface area contributed by atoms with Gasteiger partial charge in [0.15, 0.2) is 22.5 Å². The largest absolute Gasteiger partial charge is 0.346 e. The summed E-state index contributed by atoms with van der Waals surface area (Å²) in [6.45, 7) is 0.323. The lowest BCUT2D eigenvalue weighted by Gasteiger charge is -2.04. The van der Waals surface area contributed by atoms with Crippen LogP contribution in [0, 0.1) is 11.6 Å².